The van der Waals surface area contributed by atoms with E-state index < -0.39 is 0 Å². The van der Waals surface area contributed by atoms with E-state index in [1.807, 2.05) is 13.0 Å². The zero-order valence-electron chi connectivity index (χ0n) is 9.79. The Hall–Kier alpha value is -1.97. The Morgan fingerprint density at radius 2 is 2.06 bits per heavy atom. The van der Waals surface area contributed by atoms with Gasteiger partial charge in [0, 0.05) is 12.1 Å². The lowest BCUT2D eigenvalue weighted by Crippen LogP contribution is -2.24. The molecule has 1 aromatic carbocycles. The molecule has 1 aliphatic rings. The van der Waals surface area contributed by atoms with E-state index in [1.165, 1.54) is 0 Å². The van der Waals surface area contributed by atoms with Crippen molar-refractivity contribution < 1.29 is 14.3 Å². The van der Waals surface area contributed by atoms with Gasteiger partial charge >= 0.3 is 0 Å². The Kier molecular flexibility index (Phi) is 3.32. The van der Waals surface area contributed by atoms with Crippen LogP contribution in [-0.4, -0.2) is 25.7 Å². The van der Waals surface area contributed by atoms with Crippen LogP contribution < -0.4 is 14.8 Å². The highest BCUT2D eigenvalue weighted by atomic mass is 16.6. The molecule has 0 unspecified atom stereocenters. The molecule has 0 aromatic heterocycles. The highest BCUT2D eigenvalue weighted by Gasteiger charge is 2.17. The standard InChI is InChI=1S/C13H15NO3/c1-3-4-14-13(15)10-8-12-11(7-9(10)2)16-5-6-17-12/h3,7-8H,1,4-6H2,2H3,(H,14,15). The second-order valence-electron chi connectivity index (χ2n) is 3.81. The van der Waals surface area contributed by atoms with Crippen LogP contribution in [0.15, 0.2) is 24.8 Å². The molecule has 17 heavy (non-hydrogen) atoms. The predicted molar refractivity (Wildman–Crippen MR) is 64.7 cm³/mol. The molecule has 1 aliphatic heterocycles. The predicted octanol–water partition coefficient (Wildman–Crippen LogP) is 1.68. The topological polar surface area (TPSA) is 47.6 Å². The first-order valence-electron chi connectivity index (χ1n) is 5.51. The van der Waals surface area contributed by atoms with Crippen molar-refractivity contribution in [2.45, 2.75) is 6.92 Å². The maximum absolute atomic E-state index is 11.9. The largest absolute Gasteiger partial charge is 0.486 e. The Morgan fingerprint density at radius 1 is 1.41 bits per heavy atom. The van der Waals surface area contributed by atoms with E-state index in [-0.39, 0.29) is 5.91 Å². The van der Waals surface area contributed by atoms with Gasteiger partial charge in [-0.3, -0.25) is 4.79 Å². The Bertz CT molecular complexity index is 454. The monoisotopic (exact) mass is 233 g/mol. The van der Waals surface area contributed by atoms with Crippen LogP contribution >= 0.6 is 0 Å². The number of ether oxygens (including phenoxy) is 2. The highest BCUT2D eigenvalue weighted by Crippen LogP contribution is 2.32. The summed E-state index contributed by atoms with van der Waals surface area (Å²) in [5, 5.41) is 2.74. The fourth-order valence-electron chi connectivity index (χ4n) is 1.70. The number of fused-ring (bicyclic) bond motifs is 1. The minimum absolute atomic E-state index is 0.126. The SMILES string of the molecule is C=CCNC(=O)c1cc2c(cc1C)OCCO2. The summed E-state index contributed by atoms with van der Waals surface area (Å²) < 4.78 is 10.9. The number of hydrogen-bond donors (Lipinski definition) is 1. The number of aryl methyl sites for hydroxylation is 1. The summed E-state index contributed by atoms with van der Waals surface area (Å²) in [5.41, 5.74) is 1.48. The summed E-state index contributed by atoms with van der Waals surface area (Å²) in [4.78, 5) is 11.9. The first-order valence-corrected chi connectivity index (χ1v) is 5.51. The van der Waals surface area contributed by atoms with Crippen molar-refractivity contribution in [3.05, 3.63) is 35.9 Å². The fourth-order valence-corrected chi connectivity index (χ4v) is 1.70. The van der Waals surface area contributed by atoms with Gasteiger partial charge in [-0.15, -0.1) is 6.58 Å². The number of benzene rings is 1. The van der Waals surface area contributed by atoms with E-state index in [1.54, 1.807) is 12.1 Å². The number of rotatable bonds is 3. The molecule has 0 saturated carbocycles. The number of hydrogen-bond acceptors (Lipinski definition) is 3. The van der Waals surface area contributed by atoms with Crippen LogP contribution in [0.5, 0.6) is 11.5 Å². The minimum atomic E-state index is -0.126. The van der Waals surface area contributed by atoms with Crippen LogP contribution in [0.3, 0.4) is 0 Å². The highest BCUT2D eigenvalue weighted by molar-refractivity contribution is 5.96. The van der Waals surface area contributed by atoms with Crippen LogP contribution in [0.1, 0.15) is 15.9 Å². The van der Waals surface area contributed by atoms with Crippen molar-refractivity contribution in [1.82, 2.24) is 5.32 Å². The first-order chi connectivity index (χ1) is 8.22. The molecule has 0 fully saturated rings. The van der Waals surface area contributed by atoms with Crippen LogP contribution in [0.25, 0.3) is 0 Å². The zero-order valence-corrected chi connectivity index (χ0v) is 9.79. The Labute approximate surface area is 100 Å². The van der Waals surface area contributed by atoms with Gasteiger partial charge < -0.3 is 14.8 Å². The number of carbonyl (C=O) groups is 1. The molecule has 4 heteroatoms. The van der Waals surface area contributed by atoms with Gasteiger partial charge in [0.05, 0.1) is 0 Å². The van der Waals surface area contributed by atoms with Gasteiger partial charge in [0.2, 0.25) is 0 Å². The van der Waals surface area contributed by atoms with E-state index in [0.29, 0.717) is 36.8 Å². The molecular weight excluding hydrogens is 218 g/mol. The summed E-state index contributed by atoms with van der Waals surface area (Å²) in [7, 11) is 0. The summed E-state index contributed by atoms with van der Waals surface area (Å²) in [6, 6.07) is 3.56. The Balaban J connectivity index is 2.28. The second kappa shape index (κ2) is 4.91. The second-order valence-corrected chi connectivity index (χ2v) is 3.81. The van der Waals surface area contributed by atoms with Crippen LogP contribution in [-0.2, 0) is 0 Å². The van der Waals surface area contributed by atoms with Crippen LogP contribution in [0.4, 0.5) is 0 Å². The maximum Gasteiger partial charge on any atom is 0.251 e. The third kappa shape index (κ3) is 2.41. The zero-order chi connectivity index (χ0) is 12.3. The lowest BCUT2D eigenvalue weighted by molar-refractivity contribution is 0.0956. The van der Waals surface area contributed by atoms with Gasteiger partial charge in [0.25, 0.3) is 5.91 Å². The molecule has 0 bridgehead atoms. The molecule has 2 rings (SSSR count). The van der Waals surface area contributed by atoms with Crippen LogP contribution in [0.2, 0.25) is 0 Å². The van der Waals surface area contributed by atoms with Gasteiger partial charge in [-0.2, -0.15) is 0 Å². The average molecular weight is 233 g/mol. The summed E-state index contributed by atoms with van der Waals surface area (Å²) in [5.74, 6) is 1.21. The lowest BCUT2D eigenvalue weighted by atomic mass is 10.1. The van der Waals surface area contributed by atoms with Crippen molar-refractivity contribution in [1.29, 1.82) is 0 Å². The number of amides is 1. The maximum atomic E-state index is 11.9. The van der Waals surface area contributed by atoms with Crippen molar-refractivity contribution in [3.63, 3.8) is 0 Å². The molecule has 4 nitrogen and oxygen atoms in total. The number of nitrogens with one attached hydrogen (secondary N) is 1. The van der Waals surface area contributed by atoms with Gasteiger partial charge in [-0.25, -0.2) is 0 Å². The van der Waals surface area contributed by atoms with E-state index in [2.05, 4.69) is 11.9 Å². The quantitative estimate of drug-likeness (QED) is 0.808. The van der Waals surface area contributed by atoms with Crippen molar-refractivity contribution in [3.8, 4) is 11.5 Å². The lowest BCUT2D eigenvalue weighted by Gasteiger charge is -2.20. The van der Waals surface area contributed by atoms with Crippen LogP contribution in [0, 0.1) is 6.92 Å². The van der Waals surface area contributed by atoms with Gasteiger partial charge in [0.1, 0.15) is 13.2 Å². The Morgan fingerprint density at radius 3 is 2.71 bits per heavy atom. The summed E-state index contributed by atoms with van der Waals surface area (Å²) >= 11 is 0. The van der Waals surface area contributed by atoms with E-state index >= 15 is 0 Å². The smallest absolute Gasteiger partial charge is 0.251 e. The minimum Gasteiger partial charge on any atom is -0.486 e. The molecule has 1 N–H and O–H groups in total. The normalized spacial score (nSPS) is 13.0. The van der Waals surface area contributed by atoms with Gasteiger partial charge in [0.15, 0.2) is 11.5 Å². The third-order valence-corrected chi connectivity index (χ3v) is 2.54. The van der Waals surface area contributed by atoms with Gasteiger partial charge in [-0.1, -0.05) is 6.08 Å². The first kappa shape index (κ1) is 11.5. The summed E-state index contributed by atoms with van der Waals surface area (Å²) in [6.45, 7) is 6.95. The fraction of sp³-hybridized carbons (Fsp3) is 0.308. The van der Waals surface area contributed by atoms with Crippen molar-refractivity contribution >= 4 is 5.91 Å². The number of carbonyl (C=O) groups excluding carboxylic acids is 1. The molecule has 0 aliphatic carbocycles. The molecule has 0 saturated heterocycles. The molecule has 0 atom stereocenters. The molecular formula is C13H15NO3. The van der Waals surface area contributed by atoms with Crippen molar-refractivity contribution in [2.24, 2.45) is 0 Å². The molecule has 1 heterocycles. The van der Waals surface area contributed by atoms with E-state index in [0.717, 1.165) is 5.56 Å². The third-order valence-electron chi connectivity index (χ3n) is 2.54. The van der Waals surface area contributed by atoms with Gasteiger partial charge in [-0.05, 0) is 24.6 Å². The van der Waals surface area contributed by atoms with Crippen molar-refractivity contribution in [2.75, 3.05) is 19.8 Å². The molecule has 1 aromatic rings. The molecule has 90 valence electrons. The molecule has 0 radical (unpaired) electrons. The summed E-state index contributed by atoms with van der Waals surface area (Å²) in [6.07, 6.45) is 1.64. The van der Waals surface area contributed by atoms with E-state index in [4.69, 9.17) is 9.47 Å². The molecule has 1 amide bonds. The average Bonchev–Trinajstić information content (AvgIpc) is 2.35. The van der Waals surface area contributed by atoms with E-state index in [9.17, 15) is 4.79 Å². The molecule has 0 spiro atoms.